The first-order valence-corrected chi connectivity index (χ1v) is 10.5. The Morgan fingerprint density at radius 1 is 1.12 bits per heavy atom. The number of hydrogen-bond donors (Lipinski definition) is 1. The van der Waals surface area contributed by atoms with E-state index in [-0.39, 0.29) is 23.2 Å². The van der Waals surface area contributed by atoms with Crippen LogP contribution in [0.4, 0.5) is 4.39 Å². The molecule has 1 aliphatic heterocycles. The summed E-state index contributed by atoms with van der Waals surface area (Å²) in [5, 5.41) is 0. The summed E-state index contributed by atoms with van der Waals surface area (Å²) in [6.45, 7) is 4.11. The van der Waals surface area contributed by atoms with Gasteiger partial charge in [0, 0.05) is 12.0 Å². The predicted octanol–water partition coefficient (Wildman–Crippen LogP) is 4.33. The zero-order valence-electron chi connectivity index (χ0n) is 15.0. The van der Waals surface area contributed by atoms with Gasteiger partial charge >= 0.3 is 0 Å². The highest BCUT2D eigenvalue weighted by molar-refractivity contribution is 7.88. The second-order valence-electron chi connectivity index (χ2n) is 6.79. The molecule has 0 amide bonds. The number of benzene rings is 2. The van der Waals surface area contributed by atoms with Gasteiger partial charge < -0.3 is 4.74 Å². The minimum atomic E-state index is -3.58. The highest BCUT2D eigenvalue weighted by atomic mass is 32.2. The number of hydrogen-bond acceptors (Lipinski definition) is 3. The summed E-state index contributed by atoms with van der Waals surface area (Å²) < 4.78 is 47.5. The normalized spacial score (nSPS) is 18.8. The van der Waals surface area contributed by atoms with Gasteiger partial charge in [0.25, 0.3) is 0 Å². The van der Waals surface area contributed by atoms with E-state index in [0.717, 1.165) is 24.2 Å². The van der Waals surface area contributed by atoms with Crippen molar-refractivity contribution in [1.82, 2.24) is 4.72 Å². The van der Waals surface area contributed by atoms with Crippen molar-refractivity contribution in [2.75, 3.05) is 0 Å². The maximum atomic E-state index is 13.0. The quantitative estimate of drug-likeness (QED) is 0.815. The smallest absolute Gasteiger partial charge is 0.216 e. The number of para-hydroxylation sites is 1. The molecule has 2 aromatic carbocycles. The molecule has 6 heteroatoms. The highest BCUT2D eigenvalue weighted by Crippen LogP contribution is 2.42. The molecule has 1 aliphatic rings. The fourth-order valence-corrected chi connectivity index (χ4v) is 4.82. The third-order valence-electron chi connectivity index (χ3n) is 5.08. The molecule has 0 saturated heterocycles. The Morgan fingerprint density at radius 3 is 2.42 bits per heavy atom. The Morgan fingerprint density at radius 2 is 1.77 bits per heavy atom. The van der Waals surface area contributed by atoms with Crippen molar-refractivity contribution in [3.8, 4) is 5.75 Å². The number of halogens is 1. The first-order chi connectivity index (χ1) is 12.4. The summed E-state index contributed by atoms with van der Waals surface area (Å²) >= 11 is 0. The minimum absolute atomic E-state index is 0.182. The number of ether oxygens (including phenoxy) is 1. The van der Waals surface area contributed by atoms with Crippen LogP contribution in [0.5, 0.6) is 5.75 Å². The molecular formula is C20H24FNO3S. The Labute approximate surface area is 154 Å². The van der Waals surface area contributed by atoms with Crippen molar-refractivity contribution in [2.24, 2.45) is 0 Å². The van der Waals surface area contributed by atoms with E-state index < -0.39 is 10.0 Å². The van der Waals surface area contributed by atoms with E-state index >= 15 is 0 Å². The van der Waals surface area contributed by atoms with Crippen LogP contribution in [0.2, 0.25) is 0 Å². The Balaban J connectivity index is 1.86. The molecule has 3 rings (SSSR count). The van der Waals surface area contributed by atoms with Gasteiger partial charge in [-0.25, -0.2) is 17.5 Å². The van der Waals surface area contributed by atoms with E-state index in [9.17, 15) is 12.8 Å². The monoisotopic (exact) mass is 377 g/mol. The van der Waals surface area contributed by atoms with Crippen LogP contribution in [0.3, 0.4) is 0 Å². The SMILES string of the molecule is CCC1(CC)C[C@@H](NS(=O)(=O)Cc2ccc(F)cc2)c2ccccc2O1. The second-order valence-corrected chi connectivity index (χ2v) is 8.54. The zero-order chi connectivity index (χ0) is 18.8. The maximum Gasteiger partial charge on any atom is 0.216 e. The summed E-state index contributed by atoms with van der Waals surface area (Å²) in [5.41, 5.74) is 1.03. The standard InChI is InChI=1S/C20H24FNO3S/c1-3-20(4-2)13-18(17-7-5-6-8-19(17)25-20)22-26(23,24)14-15-9-11-16(21)12-10-15/h5-12,18,22H,3-4,13-14H2,1-2H3/t18-/m1/s1. The van der Waals surface area contributed by atoms with Crippen molar-refractivity contribution >= 4 is 10.0 Å². The molecule has 0 saturated carbocycles. The van der Waals surface area contributed by atoms with E-state index in [1.807, 2.05) is 24.3 Å². The molecule has 0 fully saturated rings. The molecule has 1 atom stereocenters. The largest absolute Gasteiger partial charge is 0.487 e. The van der Waals surface area contributed by atoms with Crippen LogP contribution in [0.25, 0.3) is 0 Å². The minimum Gasteiger partial charge on any atom is -0.487 e. The maximum absolute atomic E-state index is 13.0. The molecule has 140 valence electrons. The van der Waals surface area contributed by atoms with Gasteiger partial charge in [-0.2, -0.15) is 0 Å². The van der Waals surface area contributed by atoms with Crippen LogP contribution in [0.15, 0.2) is 48.5 Å². The van der Waals surface area contributed by atoms with E-state index in [4.69, 9.17) is 4.74 Å². The Bertz CT molecular complexity index is 861. The van der Waals surface area contributed by atoms with Crippen molar-refractivity contribution in [1.29, 1.82) is 0 Å². The van der Waals surface area contributed by atoms with Crippen LogP contribution >= 0.6 is 0 Å². The van der Waals surface area contributed by atoms with Crippen molar-refractivity contribution < 1.29 is 17.5 Å². The summed E-state index contributed by atoms with van der Waals surface area (Å²) in [6.07, 6.45) is 2.18. The fraction of sp³-hybridized carbons (Fsp3) is 0.400. The summed E-state index contributed by atoms with van der Waals surface area (Å²) in [7, 11) is -3.58. The molecule has 0 unspecified atom stereocenters. The van der Waals surface area contributed by atoms with Gasteiger partial charge in [-0.3, -0.25) is 0 Å². The van der Waals surface area contributed by atoms with E-state index in [2.05, 4.69) is 18.6 Å². The van der Waals surface area contributed by atoms with Gasteiger partial charge in [0.1, 0.15) is 17.2 Å². The van der Waals surface area contributed by atoms with Gasteiger partial charge in [-0.15, -0.1) is 0 Å². The van der Waals surface area contributed by atoms with Crippen LogP contribution < -0.4 is 9.46 Å². The van der Waals surface area contributed by atoms with E-state index in [0.29, 0.717) is 12.0 Å². The molecule has 0 radical (unpaired) electrons. The number of sulfonamides is 1. The predicted molar refractivity (Wildman–Crippen MR) is 99.9 cm³/mol. The van der Waals surface area contributed by atoms with Crippen LogP contribution in [0, 0.1) is 5.82 Å². The number of rotatable bonds is 6. The van der Waals surface area contributed by atoms with Gasteiger partial charge in [-0.1, -0.05) is 44.2 Å². The van der Waals surface area contributed by atoms with E-state index in [1.165, 1.54) is 24.3 Å². The number of nitrogens with one attached hydrogen (secondary N) is 1. The van der Waals surface area contributed by atoms with Crippen molar-refractivity contribution in [3.63, 3.8) is 0 Å². The van der Waals surface area contributed by atoms with Gasteiger partial charge in [0.05, 0.1) is 11.8 Å². The molecule has 0 aliphatic carbocycles. The lowest BCUT2D eigenvalue weighted by atomic mass is 9.84. The molecule has 0 bridgehead atoms. The lowest BCUT2D eigenvalue weighted by Crippen LogP contribution is -2.44. The first-order valence-electron chi connectivity index (χ1n) is 8.89. The van der Waals surface area contributed by atoms with E-state index in [1.54, 1.807) is 0 Å². The summed E-state index contributed by atoms with van der Waals surface area (Å²) in [4.78, 5) is 0. The topological polar surface area (TPSA) is 55.4 Å². The third kappa shape index (κ3) is 4.07. The van der Waals surface area contributed by atoms with Crippen LogP contribution in [0.1, 0.15) is 50.3 Å². The molecule has 4 nitrogen and oxygen atoms in total. The van der Waals surface area contributed by atoms with Crippen molar-refractivity contribution in [2.45, 2.75) is 50.5 Å². The van der Waals surface area contributed by atoms with Crippen LogP contribution in [-0.4, -0.2) is 14.0 Å². The molecule has 0 spiro atoms. The molecule has 2 aromatic rings. The zero-order valence-corrected chi connectivity index (χ0v) is 15.9. The Hall–Kier alpha value is -1.92. The molecule has 0 aromatic heterocycles. The lowest BCUT2D eigenvalue weighted by molar-refractivity contribution is 0.0260. The molecule has 1 heterocycles. The highest BCUT2D eigenvalue weighted by Gasteiger charge is 2.39. The molecular weight excluding hydrogens is 353 g/mol. The number of fused-ring (bicyclic) bond motifs is 1. The summed E-state index contributed by atoms with van der Waals surface area (Å²) in [6, 6.07) is 12.8. The average Bonchev–Trinajstić information content (AvgIpc) is 2.63. The lowest BCUT2D eigenvalue weighted by Gasteiger charge is -2.41. The van der Waals surface area contributed by atoms with Gasteiger partial charge in [0.2, 0.25) is 10.0 Å². The van der Waals surface area contributed by atoms with Crippen LogP contribution in [-0.2, 0) is 15.8 Å². The second kappa shape index (κ2) is 7.37. The van der Waals surface area contributed by atoms with Gasteiger partial charge in [-0.05, 0) is 36.6 Å². The summed E-state index contributed by atoms with van der Waals surface area (Å²) in [5.74, 6) is 0.169. The van der Waals surface area contributed by atoms with Gasteiger partial charge in [0.15, 0.2) is 0 Å². The van der Waals surface area contributed by atoms with Crippen molar-refractivity contribution in [3.05, 3.63) is 65.5 Å². The molecule has 26 heavy (non-hydrogen) atoms. The Kier molecular flexibility index (Phi) is 5.34. The third-order valence-corrected chi connectivity index (χ3v) is 6.43. The fourth-order valence-electron chi connectivity index (χ4n) is 3.46. The first kappa shape index (κ1) is 18.9. The molecule has 1 N–H and O–H groups in total. The average molecular weight is 377 g/mol.